The van der Waals surface area contributed by atoms with Gasteiger partial charge in [-0.1, -0.05) is 78.9 Å². The molecule has 0 bridgehead atoms. The topological polar surface area (TPSA) is 108 Å². The van der Waals surface area contributed by atoms with Crippen molar-refractivity contribution in [2.75, 3.05) is 6.61 Å². The Morgan fingerprint density at radius 3 is 1.93 bits per heavy atom. The molecule has 0 heterocycles. The molecule has 1 unspecified atom stereocenters. The summed E-state index contributed by atoms with van der Waals surface area (Å²) < 4.78 is 41.3. The molecule has 0 aliphatic heterocycles. The smallest absolute Gasteiger partial charge is 0.408 e. The molecule has 41 heavy (non-hydrogen) atoms. The minimum atomic E-state index is -4.04. The van der Waals surface area contributed by atoms with Crippen LogP contribution in [0.5, 0.6) is 5.75 Å². The monoisotopic (exact) mass is 571 g/mol. The fourth-order valence-corrected chi connectivity index (χ4v) is 5.77. The molecule has 0 spiro atoms. The zero-order valence-electron chi connectivity index (χ0n) is 22.5. The molecule has 1 aliphatic rings. The van der Waals surface area contributed by atoms with E-state index in [1.165, 1.54) is 36.4 Å². The summed E-state index contributed by atoms with van der Waals surface area (Å²) in [6.45, 7) is 3.48. The maximum atomic E-state index is 13.0. The number of benzene rings is 4. The summed E-state index contributed by atoms with van der Waals surface area (Å²) in [7, 11) is -4.04. The van der Waals surface area contributed by atoms with Gasteiger partial charge in [-0.15, -0.1) is 0 Å². The van der Waals surface area contributed by atoms with Gasteiger partial charge >= 0.3 is 22.2 Å². The Morgan fingerprint density at radius 1 is 0.780 bits per heavy atom. The molecule has 1 atom stereocenters. The number of carbonyl (C=O) groups excluding carboxylic acids is 2. The molecule has 4 aromatic rings. The lowest BCUT2D eigenvalue weighted by atomic mass is 9.98. The van der Waals surface area contributed by atoms with E-state index in [2.05, 4.69) is 5.32 Å². The van der Waals surface area contributed by atoms with E-state index in [9.17, 15) is 18.0 Å². The number of hydrogen-bond donors (Lipinski definition) is 1. The van der Waals surface area contributed by atoms with Crippen LogP contribution < -0.4 is 9.50 Å². The van der Waals surface area contributed by atoms with E-state index >= 15 is 0 Å². The van der Waals surface area contributed by atoms with Crippen LogP contribution in [0.15, 0.2) is 108 Å². The summed E-state index contributed by atoms with van der Waals surface area (Å²) in [4.78, 5) is 25.9. The molecule has 0 saturated carbocycles. The predicted molar refractivity (Wildman–Crippen MR) is 153 cm³/mol. The Kier molecular flexibility index (Phi) is 8.07. The number of carbonyl (C=O) groups is 2. The largest absolute Gasteiger partial charge is 0.461 e. The molecule has 0 saturated heterocycles. The van der Waals surface area contributed by atoms with Crippen LogP contribution in [0.25, 0.3) is 11.1 Å². The second kappa shape index (κ2) is 11.9. The first-order valence-corrected chi connectivity index (χ1v) is 14.6. The van der Waals surface area contributed by atoms with Crippen molar-refractivity contribution in [2.24, 2.45) is 0 Å². The number of amides is 1. The first kappa shape index (κ1) is 27.9. The van der Waals surface area contributed by atoms with E-state index in [0.717, 1.165) is 22.3 Å². The van der Waals surface area contributed by atoms with Crippen molar-refractivity contribution >= 4 is 22.2 Å². The van der Waals surface area contributed by atoms with Crippen molar-refractivity contribution in [3.8, 4) is 16.9 Å². The lowest BCUT2D eigenvalue weighted by Gasteiger charge is -2.21. The maximum absolute atomic E-state index is 13.0. The first-order chi connectivity index (χ1) is 19.7. The van der Waals surface area contributed by atoms with Gasteiger partial charge in [0.1, 0.15) is 17.3 Å². The summed E-state index contributed by atoms with van der Waals surface area (Å²) in [6, 6.07) is 28.4. The van der Waals surface area contributed by atoms with Crippen molar-refractivity contribution in [1.82, 2.24) is 5.32 Å². The third-order valence-electron chi connectivity index (χ3n) is 6.64. The molecule has 0 radical (unpaired) electrons. The van der Waals surface area contributed by atoms with Crippen molar-refractivity contribution in [3.63, 3.8) is 0 Å². The Bertz CT molecular complexity index is 1610. The minimum absolute atomic E-state index is 0.0133. The number of esters is 1. The summed E-state index contributed by atoms with van der Waals surface area (Å²) in [5.74, 6) is -0.772. The molecule has 1 aliphatic carbocycles. The van der Waals surface area contributed by atoms with E-state index in [1.54, 1.807) is 32.0 Å². The molecule has 5 rings (SSSR count). The summed E-state index contributed by atoms with van der Waals surface area (Å²) in [6.07, 6.45) is -1.21. The van der Waals surface area contributed by atoms with Gasteiger partial charge in [0.05, 0.1) is 6.10 Å². The third-order valence-corrected chi connectivity index (χ3v) is 7.91. The molecule has 0 aromatic heterocycles. The Labute approximate surface area is 239 Å². The lowest BCUT2D eigenvalue weighted by Crippen LogP contribution is -2.36. The van der Waals surface area contributed by atoms with Crippen LogP contribution in [0.4, 0.5) is 4.79 Å². The Hall–Kier alpha value is -4.63. The number of hydrogen-bond acceptors (Lipinski definition) is 7. The molecule has 210 valence electrons. The highest BCUT2D eigenvalue weighted by atomic mass is 32.2. The van der Waals surface area contributed by atoms with Gasteiger partial charge in [0.15, 0.2) is 6.04 Å². The minimum Gasteiger partial charge on any atom is -0.461 e. The molecule has 1 N–H and O–H groups in total. The molecule has 4 aromatic carbocycles. The average molecular weight is 572 g/mol. The van der Waals surface area contributed by atoms with Gasteiger partial charge < -0.3 is 19.0 Å². The van der Waals surface area contributed by atoms with Gasteiger partial charge in [-0.3, -0.25) is 0 Å². The van der Waals surface area contributed by atoms with Crippen LogP contribution in [-0.4, -0.2) is 33.2 Å². The normalized spacial score (nSPS) is 13.1. The predicted octanol–water partition coefficient (Wildman–Crippen LogP) is 5.99. The zero-order valence-corrected chi connectivity index (χ0v) is 23.3. The molecule has 0 fully saturated rings. The van der Waals surface area contributed by atoms with Crippen LogP contribution in [0.1, 0.15) is 42.5 Å². The van der Waals surface area contributed by atoms with Gasteiger partial charge in [0, 0.05) is 5.92 Å². The van der Waals surface area contributed by atoms with Gasteiger partial charge in [-0.05, 0) is 65.9 Å². The van der Waals surface area contributed by atoms with E-state index in [-0.39, 0.29) is 23.2 Å². The van der Waals surface area contributed by atoms with Crippen molar-refractivity contribution in [2.45, 2.75) is 36.8 Å². The van der Waals surface area contributed by atoms with Gasteiger partial charge in [0.25, 0.3) is 0 Å². The Morgan fingerprint density at radius 2 is 1.34 bits per heavy atom. The van der Waals surface area contributed by atoms with E-state index < -0.39 is 34.3 Å². The van der Waals surface area contributed by atoms with Crippen LogP contribution in [-0.2, 0) is 24.4 Å². The van der Waals surface area contributed by atoms with E-state index in [1.807, 2.05) is 48.5 Å². The average Bonchev–Trinajstić information content (AvgIpc) is 3.29. The standard InChI is InChI=1S/C32H29NO7S/c1-21(2)39-31(34)30(22-16-18-23(19-17-22)40-41(36,37)24-10-4-3-5-11-24)33-32(35)38-20-29-27-14-8-6-12-25(27)26-13-7-9-15-28(26)29/h3-19,21,29-30H,20H2,1-2H3,(H,33,35). The highest BCUT2D eigenvalue weighted by Crippen LogP contribution is 2.44. The number of alkyl carbamates (subject to hydrolysis) is 1. The fourth-order valence-electron chi connectivity index (χ4n) is 4.81. The van der Waals surface area contributed by atoms with Crippen LogP contribution in [0.3, 0.4) is 0 Å². The second-order valence-electron chi connectivity index (χ2n) is 9.81. The Balaban J connectivity index is 1.30. The van der Waals surface area contributed by atoms with E-state index in [0.29, 0.717) is 5.56 Å². The zero-order chi connectivity index (χ0) is 29.0. The summed E-state index contributed by atoms with van der Waals surface area (Å²) in [5, 5.41) is 2.61. The molecule has 8 nitrogen and oxygen atoms in total. The number of ether oxygens (including phenoxy) is 2. The SMILES string of the molecule is CC(C)OC(=O)C(NC(=O)OCC1c2ccccc2-c2ccccc21)c1ccc(OS(=O)(=O)c2ccccc2)cc1. The highest BCUT2D eigenvalue weighted by Gasteiger charge is 2.31. The third kappa shape index (κ3) is 6.25. The van der Waals surface area contributed by atoms with Crippen molar-refractivity contribution < 1.29 is 31.7 Å². The van der Waals surface area contributed by atoms with Gasteiger partial charge in [0.2, 0.25) is 0 Å². The van der Waals surface area contributed by atoms with Crippen LogP contribution in [0, 0.1) is 0 Å². The van der Waals surface area contributed by atoms with Crippen LogP contribution in [0.2, 0.25) is 0 Å². The van der Waals surface area contributed by atoms with Crippen LogP contribution >= 0.6 is 0 Å². The molecule has 9 heteroatoms. The fraction of sp³-hybridized carbons (Fsp3) is 0.188. The summed E-state index contributed by atoms with van der Waals surface area (Å²) in [5.41, 5.74) is 4.71. The van der Waals surface area contributed by atoms with Gasteiger partial charge in [-0.2, -0.15) is 8.42 Å². The molecular formula is C32H29NO7S. The first-order valence-electron chi connectivity index (χ1n) is 13.1. The molecule has 1 amide bonds. The van der Waals surface area contributed by atoms with Crippen molar-refractivity contribution in [1.29, 1.82) is 0 Å². The maximum Gasteiger partial charge on any atom is 0.408 e. The van der Waals surface area contributed by atoms with E-state index in [4.69, 9.17) is 13.7 Å². The second-order valence-corrected chi connectivity index (χ2v) is 11.4. The number of nitrogens with one attached hydrogen (secondary N) is 1. The van der Waals surface area contributed by atoms with Crippen molar-refractivity contribution in [3.05, 3.63) is 120 Å². The quantitative estimate of drug-likeness (QED) is 0.194. The highest BCUT2D eigenvalue weighted by molar-refractivity contribution is 7.87. The molecular weight excluding hydrogens is 542 g/mol. The number of fused-ring (bicyclic) bond motifs is 3. The van der Waals surface area contributed by atoms with Gasteiger partial charge in [-0.25, -0.2) is 9.59 Å². The number of rotatable bonds is 9. The summed E-state index contributed by atoms with van der Waals surface area (Å²) >= 11 is 0. The lowest BCUT2D eigenvalue weighted by molar-refractivity contribution is -0.150.